The summed E-state index contributed by atoms with van der Waals surface area (Å²) in [5.41, 5.74) is 3.21. The SMILES string of the molecule is CCN(CC)c1cc(Nc2nc(Nc3cc(N(CC)CC)c(OC)cc3N=Nc3snc4ccc(S(=O)(=O)O)cc34)nc(SCCS(=O)(=O)O)n2)c(N=Nc2snc3ccc(S(=O)(=O)O)cc23)cc1OC. The van der Waals surface area contributed by atoms with E-state index in [1.807, 2.05) is 37.5 Å². The van der Waals surface area contributed by atoms with Gasteiger partial charge in [0.05, 0.1) is 63.5 Å². The van der Waals surface area contributed by atoms with Gasteiger partial charge in [0.2, 0.25) is 11.9 Å². The van der Waals surface area contributed by atoms with Crippen molar-refractivity contribution in [3.8, 4) is 11.5 Å². The Morgan fingerprint density at radius 2 is 1.03 bits per heavy atom. The van der Waals surface area contributed by atoms with Gasteiger partial charge in [0.1, 0.15) is 22.9 Å². The van der Waals surface area contributed by atoms with Crippen molar-refractivity contribution in [1.29, 1.82) is 0 Å². The second-order valence-electron chi connectivity index (χ2n) is 14.8. The highest BCUT2D eigenvalue weighted by molar-refractivity contribution is 8.00. The van der Waals surface area contributed by atoms with E-state index in [0.29, 0.717) is 82.2 Å². The highest BCUT2D eigenvalue weighted by atomic mass is 32.2. The number of hydrogen-bond acceptors (Lipinski definition) is 24. The van der Waals surface area contributed by atoms with Crippen LogP contribution in [0.4, 0.5) is 56.0 Å². The third-order valence-corrected chi connectivity index (χ3v) is 15.5. The van der Waals surface area contributed by atoms with Crippen molar-refractivity contribution < 1.29 is 48.4 Å². The van der Waals surface area contributed by atoms with E-state index in [0.717, 1.165) is 34.8 Å². The standard InChI is InChI=1S/C41H45N13O11S6/c1-7-53(8-2)33-19-29(31(21-35(33)64-5)47-49-37-25-17-23(70(58,59)60)11-13-27(25)51-67-37)42-39-44-40(46-41(45-39)66-15-16-69(55,56)57)43-30-20-34(54(9-3)10-4)36(65-6)22-32(30)48-50-38-26-18-24(71(61,62)63)12-14-28(26)52-68-38/h11-14,17-22H,7-10,15-16H2,1-6H3,(H,55,56,57)(H,58,59,60)(H,61,62,63)(H2,42,43,44,45,46). The lowest BCUT2D eigenvalue weighted by atomic mass is 10.2. The fourth-order valence-corrected chi connectivity index (χ4v) is 11.0. The molecule has 4 aromatic carbocycles. The Labute approximate surface area is 420 Å². The summed E-state index contributed by atoms with van der Waals surface area (Å²) >= 11 is 2.83. The van der Waals surface area contributed by atoms with Crippen LogP contribution in [0.3, 0.4) is 0 Å². The van der Waals surface area contributed by atoms with Crippen LogP contribution in [0, 0.1) is 0 Å². The molecule has 7 rings (SSSR count). The lowest BCUT2D eigenvalue weighted by molar-refractivity contribution is 0.414. The molecule has 0 unspecified atom stereocenters. The molecule has 0 amide bonds. The molecule has 0 bridgehead atoms. The van der Waals surface area contributed by atoms with Crippen molar-refractivity contribution >= 4 is 143 Å². The van der Waals surface area contributed by atoms with E-state index in [1.54, 1.807) is 24.3 Å². The lowest BCUT2D eigenvalue weighted by Crippen LogP contribution is -2.22. The van der Waals surface area contributed by atoms with Crippen LogP contribution < -0.4 is 29.9 Å². The van der Waals surface area contributed by atoms with Crippen molar-refractivity contribution in [2.45, 2.75) is 42.6 Å². The summed E-state index contributed by atoms with van der Waals surface area (Å²) in [6, 6.07) is 14.6. The van der Waals surface area contributed by atoms with Gasteiger partial charge in [0, 0.05) is 54.8 Å². The maximum absolute atomic E-state index is 12.0. The van der Waals surface area contributed by atoms with Crippen LogP contribution in [0.5, 0.6) is 11.5 Å². The van der Waals surface area contributed by atoms with E-state index in [4.69, 9.17) is 14.5 Å². The number of hydrogen-bond donors (Lipinski definition) is 5. The summed E-state index contributed by atoms with van der Waals surface area (Å²) in [6.07, 6.45) is 0. The normalized spacial score (nSPS) is 12.4. The van der Waals surface area contributed by atoms with Crippen LogP contribution in [-0.4, -0.2) is 115 Å². The second-order valence-corrected chi connectivity index (χ2v) is 21.7. The van der Waals surface area contributed by atoms with E-state index in [-0.39, 0.29) is 54.0 Å². The molecule has 0 saturated heterocycles. The summed E-state index contributed by atoms with van der Waals surface area (Å²) in [7, 11) is -10.4. The monoisotopic (exact) mass is 1090 g/mol. The molecule has 0 aliphatic rings. The first-order chi connectivity index (χ1) is 33.7. The maximum atomic E-state index is 12.0. The molecule has 30 heteroatoms. The van der Waals surface area contributed by atoms with Crippen LogP contribution in [0.2, 0.25) is 0 Å². The zero-order valence-electron chi connectivity index (χ0n) is 38.5. The van der Waals surface area contributed by atoms with Gasteiger partial charge in [0.15, 0.2) is 15.2 Å². The summed E-state index contributed by atoms with van der Waals surface area (Å²) in [5.74, 6) is -0.00417. The fraction of sp³-hybridized carbons (Fsp3) is 0.293. The molecule has 5 N–H and O–H groups in total. The molecule has 0 saturated carbocycles. The number of rotatable bonds is 22. The van der Waals surface area contributed by atoms with Gasteiger partial charge < -0.3 is 29.9 Å². The summed E-state index contributed by atoms with van der Waals surface area (Å²) in [5, 5.41) is 25.5. The van der Waals surface area contributed by atoms with Crippen molar-refractivity contribution in [1.82, 2.24) is 23.7 Å². The average molecular weight is 1090 g/mol. The molecule has 0 spiro atoms. The van der Waals surface area contributed by atoms with Gasteiger partial charge in [-0.15, -0.1) is 20.5 Å². The van der Waals surface area contributed by atoms with Crippen molar-refractivity contribution in [2.24, 2.45) is 20.5 Å². The first-order valence-corrected chi connectivity index (χ1v) is 28.2. The van der Waals surface area contributed by atoms with E-state index < -0.39 is 36.1 Å². The lowest BCUT2D eigenvalue weighted by Gasteiger charge is -2.25. The minimum atomic E-state index is -4.54. The van der Waals surface area contributed by atoms with E-state index >= 15 is 0 Å². The Bertz CT molecular complexity index is 3310. The first kappa shape index (κ1) is 52.6. The fourth-order valence-electron chi connectivity index (χ4n) is 6.92. The Balaban J connectivity index is 1.36. The zero-order valence-corrected chi connectivity index (χ0v) is 43.4. The number of methoxy groups -OCH3 is 2. The molecule has 0 aliphatic heterocycles. The number of nitrogens with zero attached hydrogens (tertiary/aromatic N) is 11. The van der Waals surface area contributed by atoms with Gasteiger partial charge in [-0.05, 0) is 99.3 Å². The number of fused-ring (bicyclic) bond motifs is 2. The second kappa shape index (κ2) is 22.0. The third kappa shape index (κ3) is 12.6. The predicted octanol–water partition coefficient (Wildman–Crippen LogP) is 9.59. The molecule has 0 atom stereocenters. The van der Waals surface area contributed by atoms with Gasteiger partial charge in [-0.1, -0.05) is 11.8 Å². The minimum absolute atomic E-state index is 0.0338. The molecule has 7 aromatic rings. The van der Waals surface area contributed by atoms with Crippen LogP contribution in [0.15, 0.2) is 96.1 Å². The number of ether oxygens (including phenoxy) is 2. The van der Waals surface area contributed by atoms with Gasteiger partial charge in [-0.2, -0.15) is 49.0 Å². The highest BCUT2D eigenvalue weighted by Crippen LogP contribution is 2.44. The third-order valence-electron chi connectivity index (χ3n) is 10.4. The van der Waals surface area contributed by atoms with Crippen molar-refractivity contribution in [3.63, 3.8) is 0 Å². The highest BCUT2D eigenvalue weighted by Gasteiger charge is 2.22. The summed E-state index contributed by atoms with van der Waals surface area (Å²) in [6.45, 7) is 10.2. The molecular weight excluding hydrogens is 1040 g/mol. The van der Waals surface area contributed by atoms with E-state index in [9.17, 15) is 38.9 Å². The van der Waals surface area contributed by atoms with Crippen LogP contribution >= 0.6 is 34.8 Å². The van der Waals surface area contributed by atoms with Gasteiger partial charge in [-0.3, -0.25) is 13.7 Å². The summed E-state index contributed by atoms with van der Waals surface area (Å²) < 4.78 is 121. The number of thioether (sulfide) groups is 1. The molecular formula is C41H45N13O11S6. The molecule has 71 heavy (non-hydrogen) atoms. The first-order valence-electron chi connectivity index (χ1n) is 21.1. The van der Waals surface area contributed by atoms with Crippen molar-refractivity contribution in [2.75, 3.05) is 72.3 Å². The van der Waals surface area contributed by atoms with E-state index in [1.165, 1.54) is 50.6 Å². The quantitative estimate of drug-likeness (QED) is 0.0239. The molecule has 3 aromatic heterocycles. The number of anilines is 6. The van der Waals surface area contributed by atoms with Crippen LogP contribution in [-0.2, 0) is 30.4 Å². The maximum Gasteiger partial charge on any atom is 0.294 e. The molecule has 0 fully saturated rings. The smallest absolute Gasteiger partial charge is 0.294 e. The number of azo groups is 2. The number of benzene rings is 4. The van der Waals surface area contributed by atoms with Gasteiger partial charge in [-0.25, -0.2) is 0 Å². The van der Waals surface area contributed by atoms with E-state index in [2.05, 4.69) is 49.8 Å². The minimum Gasteiger partial charge on any atom is -0.494 e. The van der Waals surface area contributed by atoms with Crippen molar-refractivity contribution in [3.05, 3.63) is 60.7 Å². The predicted molar refractivity (Wildman–Crippen MR) is 274 cm³/mol. The number of aromatic nitrogens is 5. The number of nitrogens with one attached hydrogen (secondary N) is 2. The zero-order chi connectivity index (χ0) is 51.3. The van der Waals surface area contributed by atoms with Gasteiger partial charge in [0.25, 0.3) is 30.4 Å². The Kier molecular flexibility index (Phi) is 16.3. The Morgan fingerprint density at radius 1 is 0.606 bits per heavy atom. The van der Waals surface area contributed by atoms with Gasteiger partial charge >= 0.3 is 0 Å². The largest absolute Gasteiger partial charge is 0.494 e. The molecule has 0 aliphatic carbocycles. The van der Waals surface area contributed by atoms with Crippen LogP contribution in [0.1, 0.15) is 27.7 Å². The van der Waals surface area contributed by atoms with Crippen LogP contribution in [0.25, 0.3) is 21.8 Å². The molecule has 24 nitrogen and oxygen atoms in total. The average Bonchev–Trinajstić information content (AvgIpc) is 3.93. The molecule has 0 radical (unpaired) electrons. The summed E-state index contributed by atoms with van der Waals surface area (Å²) in [4.78, 5) is 17.3. The Hall–Kier alpha value is -6.25. The topological polar surface area (TPSA) is 326 Å². The Morgan fingerprint density at radius 3 is 1.39 bits per heavy atom. The molecule has 376 valence electrons. The molecule has 3 heterocycles.